The predicted molar refractivity (Wildman–Crippen MR) is 112 cm³/mol. The molecule has 1 amide bonds. The Morgan fingerprint density at radius 1 is 1.26 bits per heavy atom. The fourth-order valence-electron chi connectivity index (χ4n) is 2.92. The second-order valence-electron chi connectivity index (χ2n) is 6.60. The van der Waals surface area contributed by atoms with Crippen LogP contribution in [-0.4, -0.2) is 57.1 Å². The summed E-state index contributed by atoms with van der Waals surface area (Å²) in [4.78, 5) is 14.0. The first-order chi connectivity index (χ1) is 15.1. The Labute approximate surface area is 179 Å². The third-order valence-corrected chi connectivity index (χ3v) is 4.66. The molecule has 0 radical (unpaired) electrons. The van der Waals surface area contributed by atoms with E-state index in [2.05, 4.69) is 49.6 Å². The highest BCUT2D eigenvalue weighted by atomic mass is 16.6. The number of hydrogen-bond acceptors (Lipinski definition) is 9. The molecule has 0 atom stereocenters. The lowest BCUT2D eigenvalue weighted by Gasteiger charge is -2.15. The maximum atomic E-state index is 12.8. The van der Waals surface area contributed by atoms with E-state index >= 15 is 0 Å². The lowest BCUT2D eigenvalue weighted by molar-refractivity contribution is -0.910. The molecular weight excluding hydrogens is 402 g/mol. The lowest BCUT2D eigenvalue weighted by Crippen LogP contribution is -3.10. The lowest BCUT2D eigenvalue weighted by atomic mass is 10.2. The maximum absolute atomic E-state index is 12.8. The first-order valence-electron chi connectivity index (χ1n) is 10.00. The second-order valence-corrected chi connectivity index (χ2v) is 6.60. The Bertz CT molecular complexity index is 1020. The molecule has 4 N–H and O–H groups in total. The SMILES string of the molecule is CCOc1ccc(/C=N\NC(=O)c2nnn(-c3nonc3N)c2C[NH+](CC)CC)cc1. The Kier molecular flexibility index (Phi) is 7.27. The van der Waals surface area contributed by atoms with Crippen molar-refractivity contribution in [3.05, 3.63) is 41.2 Å². The van der Waals surface area contributed by atoms with Gasteiger partial charge in [-0.05, 0) is 60.9 Å². The molecule has 0 fully saturated rings. The molecule has 2 heterocycles. The number of rotatable bonds is 10. The Morgan fingerprint density at radius 2 is 2.00 bits per heavy atom. The molecule has 2 aromatic heterocycles. The molecule has 0 spiro atoms. The second kappa shape index (κ2) is 10.3. The van der Waals surface area contributed by atoms with E-state index in [1.165, 1.54) is 15.8 Å². The predicted octanol–water partition coefficient (Wildman–Crippen LogP) is -0.180. The van der Waals surface area contributed by atoms with E-state index < -0.39 is 5.91 Å². The van der Waals surface area contributed by atoms with Crippen LogP contribution in [0.15, 0.2) is 34.0 Å². The average Bonchev–Trinajstić information content (AvgIpc) is 3.38. The van der Waals surface area contributed by atoms with E-state index in [9.17, 15) is 4.79 Å². The van der Waals surface area contributed by atoms with Gasteiger partial charge >= 0.3 is 0 Å². The summed E-state index contributed by atoms with van der Waals surface area (Å²) >= 11 is 0. The molecular formula is C19H26N9O3+. The molecule has 12 nitrogen and oxygen atoms in total. The van der Waals surface area contributed by atoms with E-state index in [-0.39, 0.29) is 17.3 Å². The van der Waals surface area contributed by atoms with Gasteiger partial charge in [0, 0.05) is 0 Å². The fourth-order valence-corrected chi connectivity index (χ4v) is 2.92. The summed E-state index contributed by atoms with van der Waals surface area (Å²) in [6.07, 6.45) is 1.53. The summed E-state index contributed by atoms with van der Waals surface area (Å²) in [7, 11) is 0. The van der Waals surface area contributed by atoms with Crippen molar-refractivity contribution in [3.8, 4) is 11.6 Å². The Balaban J connectivity index is 1.79. The molecule has 31 heavy (non-hydrogen) atoms. The Morgan fingerprint density at radius 3 is 2.61 bits per heavy atom. The number of nitrogens with one attached hydrogen (secondary N) is 2. The number of ether oxygens (including phenoxy) is 1. The number of carbonyl (C=O) groups is 1. The number of nitrogens with zero attached hydrogens (tertiary/aromatic N) is 6. The molecule has 12 heteroatoms. The average molecular weight is 428 g/mol. The van der Waals surface area contributed by atoms with Crippen LogP contribution in [-0.2, 0) is 6.54 Å². The Hall–Kier alpha value is -3.80. The summed E-state index contributed by atoms with van der Waals surface area (Å²) in [5.74, 6) is 0.516. The van der Waals surface area contributed by atoms with Crippen LogP contribution in [0.25, 0.3) is 5.82 Å². The van der Waals surface area contributed by atoms with Gasteiger partial charge in [0.25, 0.3) is 5.91 Å². The van der Waals surface area contributed by atoms with Crippen LogP contribution in [0.3, 0.4) is 0 Å². The number of benzene rings is 1. The van der Waals surface area contributed by atoms with Crippen LogP contribution < -0.4 is 20.8 Å². The molecule has 1 aromatic carbocycles. The number of aromatic nitrogens is 5. The van der Waals surface area contributed by atoms with Gasteiger partial charge < -0.3 is 15.4 Å². The van der Waals surface area contributed by atoms with Gasteiger partial charge in [-0.2, -0.15) is 9.78 Å². The highest BCUT2D eigenvalue weighted by Gasteiger charge is 2.26. The van der Waals surface area contributed by atoms with E-state index in [0.29, 0.717) is 18.8 Å². The number of amides is 1. The molecule has 0 aliphatic heterocycles. The third kappa shape index (κ3) is 5.22. The molecule has 0 bridgehead atoms. The number of nitrogens with two attached hydrogens (primary N) is 1. The van der Waals surface area contributed by atoms with Crippen LogP contribution in [0.4, 0.5) is 5.82 Å². The standard InChI is InChI=1S/C19H25N9O3/c1-4-27(5-2)12-15-16(22-26-28(15)18-17(20)24-31-25-18)19(29)23-21-11-13-7-9-14(10-8-13)30-6-3/h7-11H,4-6,12H2,1-3H3,(H2,20,24)(H,23,29)/p+1/b21-11-. The van der Waals surface area contributed by atoms with Gasteiger partial charge in [-0.25, -0.2) is 10.1 Å². The van der Waals surface area contributed by atoms with Crippen molar-refractivity contribution >= 4 is 17.9 Å². The minimum Gasteiger partial charge on any atom is -0.494 e. The quantitative estimate of drug-likeness (QED) is 0.297. The van der Waals surface area contributed by atoms with E-state index in [4.69, 9.17) is 10.5 Å². The molecule has 0 saturated heterocycles. The van der Waals surface area contributed by atoms with E-state index in [0.717, 1.165) is 24.4 Å². The zero-order valence-electron chi connectivity index (χ0n) is 17.7. The number of hydrogen-bond donors (Lipinski definition) is 3. The molecule has 0 aliphatic rings. The van der Waals surface area contributed by atoms with Crippen molar-refractivity contribution < 1.29 is 19.1 Å². The van der Waals surface area contributed by atoms with Gasteiger partial charge in [0.15, 0.2) is 5.69 Å². The zero-order chi connectivity index (χ0) is 22.2. The van der Waals surface area contributed by atoms with Gasteiger partial charge in [-0.15, -0.1) is 5.10 Å². The smallest absolute Gasteiger partial charge is 0.294 e. The van der Waals surface area contributed by atoms with Gasteiger partial charge in [-0.1, -0.05) is 5.21 Å². The normalized spacial score (nSPS) is 11.4. The van der Waals surface area contributed by atoms with Gasteiger partial charge in [0.1, 0.15) is 18.0 Å². The largest absolute Gasteiger partial charge is 0.494 e. The monoisotopic (exact) mass is 428 g/mol. The number of quaternary nitrogens is 1. The van der Waals surface area contributed by atoms with Crippen molar-refractivity contribution in [2.75, 3.05) is 25.4 Å². The maximum Gasteiger partial charge on any atom is 0.294 e. The summed E-state index contributed by atoms with van der Waals surface area (Å²) in [6, 6.07) is 7.35. The summed E-state index contributed by atoms with van der Waals surface area (Å²) in [5, 5.41) is 19.4. The highest BCUT2D eigenvalue weighted by molar-refractivity contribution is 5.94. The number of anilines is 1. The molecule has 3 aromatic rings. The zero-order valence-corrected chi connectivity index (χ0v) is 17.7. The molecule has 0 unspecified atom stereocenters. The summed E-state index contributed by atoms with van der Waals surface area (Å²) in [5.41, 5.74) is 9.77. The molecule has 3 rings (SSSR count). The first-order valence-corrected chi connectivity index (χ1v) is 10.00. The van der Waals surface area contributed by atoms with E-state index in [1.807, 2.05) is 31.2 Å². The van der Waals surface area contributed by atoms with Crippen molar-refractivity contribution in [2.24, 2.45) is 5.10 Å². The number of carbonyl (C=O) groups excluding carboxylic acids is 1. The van der Waals surface area contributed by atoms with E-state index in [1.54, 1.807) is 0 Å². The van der Waals surface area contributed by atoms with Crippen molar-refractivity contribution in [1.29, 1.82) is 0 Å². The van der Waals surface area contributed by atoms with Crippen LogP contribution in [0.5, 0.6) is 5.75 Å². The minimum absolute atomic E-state index is 0.0566. The minimum atomic E-state index is -0.495. The topological polar surface area (TPSA) is 151 Å². The van der Waals surface area contributed by atoms with Gasteiger partial charge in [0.05, 0.1) is 25.9 Å². The van der Waals surface area contributed by atoms with Crippen LogP contribution in [0, 0.1) is 0 Å². The summed E-state index contributed by atoms with van der Waals surface area (Å²) in [6.45, 7) is 8.82. The molecule has 0 aliphatic carbocycles. The van der Waals surface area contributed by atoms with Crippen LogP contribution in [0.1, 0.15) is 42.5 Å². The highest BCUT2D eigenvalue weighted by Crippen LogP contribution is 2.15. The van der Waals surface area contributed by atoms with Crippen LogP contribution >= 0.6 is 0 Å². The summed E-state index contributed by atoms with van der Waals surface area (Å²) < 4.78 is 11.5. The third-order valence-electron chi connectivity index (χ3n) is 4.66. The molecule has 0 saturated carbocycles. The van der Waals surface area contributed by atoms with Crippen LogP contribution in [0.2, 0.25) is 0 Å². The van der Waals surface area contributed by atoms with Gasteiger partial charge in [-0.3, -0.25) is 4.79 Å². The number of nitrogen functional groups attached to an aromatic ring is 1. The molecule has 164 valence electrons. The van der Waals surface area contributed by atoms with Crippen molar-refractivity contribution in [2.45, 2.75) is 27.3 Å². The first kappa shape index (κ1) is 21.9. The fraction of sp³-hybridized carbons (Fsp3) is 0.368. The van der Waals surface area contributed by atoms with Crippen molar-refractivity contribution in [1.82, 2.24) is 30.7 Å². The van der Waals surface area contributed by atoms with Gasteiger partial charge in [0.2, 0.25) is 11.6 Å². The number of hydrazone groups is 1. The van der Waals surface area contributed by atoms with Crippen molar-refractivity contribution in [3.63, 3.8) is 0 Å².